The molecule has 11 heteroatoms. The summed E-state index contributed by atoms with van der Waals surface area (Å²) in [7, 11) is 1.48. The number of carbonyl (C=O) groups excluding carboxylic acids is 1. The van der Waals surface area contributed by atoms with Crippen LogP contribution in [-0.4, -0.2) is 48.1 Å². The molecule has 0 radical (unpaired) electrons. The lowest BCUT2D eigenvalue weighted by Gasteiger charge is -2.36. The van der Waals surface area contributed by atoms with Gasteiger partial charge in [0.2, 0.25) is 0 Å². The van der Waals surface area contributed by atoms with Gasteiger partial charge in [0, 0.05) is 28.5 Å². The molecule has 170 valence electrons. The van der Waals surface area contributed by atoms with E-state index in [9.17, 15) is 9.90 Å². The minimum atomic E-state index is -1.23. The Kier molecular flexibility index (Phi) is 6.58. The Labute approximate surface area is 184 Å². The molecule has 2 heterocycles. The van der Waals surface area contributed by atoms with Gasteiger partial charge in [0.1, 0.15) is 25.4 Å². The Bertz CT molecular complexity index is 1070. The van der Waals surface area contributed by atoms with Crippen molar-refractivity contribution >= 4 is 23.6 Å². The van der Waals surface area contributed by atoms with Gasteiger partial charge in [-0.05, 0) is 19.9 Å². The average Bonchev–Trinajstić information content (AvgIpc) is 2.68. The van der Waals surface area contributed by atoms with E-state index < -0.39 is 23.5 Å². The first kappa shape index (κ1) is 22.9. The van der Waals surface area contributed by atoms with Crippen LogP contribution < -0.4 is 16.4 Å². The second kappa shape index (κ2) is 9.18. The Hall–Kier alpha value is -3.73. The van der Waals surface area contributed by atoms with Gasteiger partial charge < -0.3 is 31.0 Å². The van der Waals surface area contributed by atoms with E-state index in [1.807, 2.05) is 4.90 Å². The predicted octanol–water partition coefficient (Wildman–Crippen LogP) is 1.85. The molecular weight excluding hydrogens is 419 g/mol. The number of oxime groups is 1. The number of carbonyl (C=O) groups is 1. The number of pyridine rings is 1. The maximum Gasteiger partial charge on any atom is 0.437 e. The summed E-state index contributed by atoms with van der Waals surface area (Å²) in [6, 6.07) is 6.38. The van der Waals surface area contributed by atoms with Crippen LogP contribution in [0.4, 0.5) is 15.0 Å². The highest BCUT2D eigenvalue weighted by Gasteiger charge is 2.31. The molecule has 0 spiro atoms. The first-order valence-corrected chi connectivity index (χ1v) is 9.71. The number of aromatic nitrogens is 1. The largest absolute Gasteiger partial charge is 0.443 e. The summed E-state index contributed by atoms with van der Waals surface area (Å²) < 4.78 is 20.0. The molecule has 1 aromatic heterocycles. The molecular formula is C21H25FN6O4. The summed E-state index contributed by atoms with van der Waals surface area (Å²) in [5, 5.41) is 14.6. The lowest BCUT2D eigenvalue weighted by Crippen LogP contribution is -2.49. The van der Waals surface area contributed by atoms with Crippen LogP contribution in [0.15, 0.2) is 40.6 Å². The van der Waals surface area contributed by atoms with Gasteiger partial charge in [-0.15, -0.1) is 4.99 Å². The fourth-order valence-electron chi connectivity index (χ4n) is 3.23. The summed E-state index contributed by atoms with van der Waals surface area (Å²) >= 11 is 0. The highest BCUT2D eigenvalue weighted by atomic mass is 19.1. The molecule has 0 unspecified atom stereocenters. The van der Waals surface area contributed by atoms with Gasteiger partial charge in [-0.3, -0.25) is 0 Å². The minimum Gasteiger partial charge on any atom is -0.443 e. The number of guanidine groups is 1. The number of amides is 1. The second-order valence-electron chi connectivity index (χ2n) is 7.72. The summed E-state index contributed by atoms with van der Waals surface area (Å²) in [6.07, 6.45) is 0.514. The molecule has 0 saturated carbocycles. The van der Waals surface area contributed by atoms with E-state index in [0.29, 0.717) is 30.0 Å². The van der Waals surface area contributed by atoms with Crippen LogP contribution in [0.2, 0.25) is 0 Å². The van der Waals surface area contributed by atoms with Crippen molar-refractivity contribution in [1.82, 2.24) is 4.98 Å². The molecule has 5 N–H and O–H groups in total. The first-order chi connectivity index (χ1) is 15.1. The van der Waals surface area contributed by atoms with Crippen LogP contribution >= 0.6 is 0 Å². The van der Waals surface area contributed by atoms with Crippen molar-refractivity contribution in [1.29, 1.82) is 0 Å². The number of nitrogens with zero attached hydrogens (tertiary/aromatic N) is 4. The number of hydrogen-bond acceptors (Lipinski definition) is 7. The summed E-state index contributed by atoms with van der Waals surface area (Å²) in [6.45, 7) is 3.96. The topological polar surface area (TPSA) is 149 Å². The molecule has 1 aliphatic rings. The maximum atomic E-state index is 15.2. The van der Waals surface area contributed by atoms with Crippen molar-refractivity contribution in [3.8, 4) is 11.1 Å². The van der Waals surface area contributed by atoms with E-state index in [1.54, 1.807) is 32.0 Å². The predicted molar refractivity (Wildman–Crippen MR) is 118 cm³/mol. The van der Waals surface area contributed by atoms with Gasteiger partial charge >= 0.3 is 6.09 Å². The Morgan fingerprint density at radius 3 is 2.69 bits per heavy atom. The number of nitrogens with two attached hydrogens (primary N) is 2. The van der Waals surface area contributed by atoms with Gasteiger partial charge in [-0.1, -0.05) is 23.4 Å². The quantitative estimate of drug-likeness (QED) is 0.347. The zero-order valence-corrected chi connectivity index (χ0v) is 18.0. The van der Waals surface area contributed by atoms with E-state index in [4.69, 9.17) is 21.0 Å². The third-order valence-electron chi connectivity index (χ3n) is 4.75. The maximum absolute atomic E-state index is 15.2. The van der Waals surface area contributed by atoms with Crippen LogP contribution in [0.1, 0.15) is 25.0 Å². The van der Waals surface area contributed by atoms with Crippen LogP contribution in [0, 0.1) is 5.82 Å². The van der Waals surface area contributed by atoms with Crippen molar-refractivity contribution in [3.63, 3.8) is 0 Å². The molecule has 1 saturated heterocycles. The van der Waals surface area contributed by atoms with Crippen LogP contribution in [0.3, 0.4) is 0 Å². The molecule has 1 amide bonds. The normalized spacial score (nSPS) is 13.3. The van der Waals surface area contributed by atoms with Gasteiger partial charge in [-0.2, -0.15) is 0 Å². The third kappa shape index (κ3) is 5.11. The number of anilines is 1. The van der Waals surface area contributed by atoms with Gasteiger partial charge in [0.25, 0.3) is 0 Å². The molecule has 1 aromatic carbocycles. The molecule has 3 rings (SSSR count). The van der Waals surface area contributed by atoms with E-state index >= 15 is 4.39 Å². The monoisotopic (exact) mass is 444 g/mol. The molecule has 0 aliphatic carbocycles. The van der Waals surface area contributed by atoms with Crippen molar-refractivity contribution in [3.05, 3.63) is 47.4 Å². The van der Waals surface area contributed by atoms with E-state index in [0.717, 1.165) is 5.71 Å². The molecule has 1 fully saturated rings. The number of aliphatic hydroxyl groups is 1. The molecule has 0 bridgehead atoms. The number of hydrogen-bond donors (Lipinski definition) is 3. The standard InChI is InChI=1S/C21H25FN6O4/c1-21(2,30)16-7-13(8-25-18(16)28-9-14(10-28)27-31-3)15-6-4-5-12(17(15)22)11-32-20(29)26-19(23)24/h4-8,30H,9-11H2,1-3H3,(H4,23,24,26,29). The SMILES string of the molecule is CON=C1CN(c2ncc(-c3cccc(COC(=O)N=C(N)N)c3F)cc2C(C)(C)O)C1. The number of aliphatic imine (C=N–C) groups is 1. The van der Waals surface area contributed by atoms with E-state index in [1.165, 1.54) is 19.4 Å². The number of ether oxygens (including phenoxy) is 1. The van der Waals surface area contributed by atoms with Crippen LogP contribution in [0.25, 0.3) is 11.1 Å². The smallest absolute Gasteiger partial charge is 0.437 e. The lowest BCUT2D eigenvalue weighted by molar-refractivity contribution is 0.0787. The lowest BCUT2D eigenvalue weighted by atomic mass is 9.93. The highest BCUT2D eigenvalue weighted by Crippen LogP contribution is 2.35. The van der Waals surface area contributed by atoms with E-state index in [-0.39, 0.29) is 17.7 Å². The Morgan fingerprint density at radius 2 is 2.06 bits per heavy atom. The average molecular weight is 444 g/mol. The number of halogens is 1. The van der Waals surface area contributed by atoms with Gasteiger partial charge in [-0.25, -0.2) is 14.2 Å². The van der Waals surface area contributed by atoms with Crippen molar-refractivity contribution in [2.45, 2.75) is 26.1 Å². The van der Waals surface area contributed by atoms with Crippen LogP contribution in [0.5, 0.6) is 0 Å². The Balaban J connectivity index is 1.90. The first-order valence-electron chi connectivity index (χ1n) is 9.71. The number of rotatable bonds is 6. The van der Waals surface area contributed by atoms with Crippen molar-refractivity contribution in [2.75, 3.05) is 25.1 Å². The minimum absolute atomic E-state index is 0.138. The molecule has 10 nitrogen and oxygen atoms in total. The summed E-state index contributed by atoms with van der Waals surface area (Å²) in [4.78, 5) is 25.9. The Morgan fingerprint density at radius 1 is 1.34 bits per heavy atom. The van der Waals surface area contributed by atoms with Gasteiger partial charge in [0.15, 0.2) is 5.96 Å². The fraction of sp³-hybridized carbons (Fsp3) is 0.333. The van der Waals surface area contributed by atoms with E-state index in [2.05, 4.69) is 15.1 Å². The van der Waals surface area contributed by atoms with Gasteiger partial charge in [0.05, 0.1) is 24.4 Å². The molecule has 32 heavy (non-hydrogen) atoms. The molecule has 2 aromatic rings. The fourth-order valence-corrected chi connectivity index (χ4v) is 3.23. The zero-order chi connectivity index (χ0) is 23.5. The van der Waals surface area contributed by atoms with Crippen molar-refractivity contribution in [2.24, 2.45) is 21.6 Å². The number of benzene rings is 1. The van der Waals surface area contributed by atoms with Crippen molar-refractivity contribution < 1.29 is 23.9 Å². The third-order valence-corrected chi connectivity index (χ3v) is 4.75. The second-order valence-corrected chi connectivity index (χ2v) is 7.72. The highest BCUT2D eigenvalue weighted by molar-refractivity contribution is 5.99. The molecule has 0 atom stereocenters. The zero-order valence-electron chi connectivity index (χ0n) is 18.0. The molecule has 1 aliphatic heterocycles. The summed E-state index contributed by atoms with van der Waals surface area (Å²) in [5.74, 6) is -0.448. The van der Waals surface area contributed by atoms with Crippen LogP contribution in [-0.2, 0) is 21.8 Å². The summed E-state index contributed by atoms with van der Waals surface area (Å²) in [5.41, 5.74) is 11.3.